The van der Waals surface area contributed by atoms with Crippen molar-refractivity contribution in [1.82, 2.24) is 14.6 Å². The van der Waals surface area contributed by atoms with Crippen LogP contribution in [0.5, 0.6) is 0 Å². The number of hydroxylamine groups is 2. The van der Waals surface area contributed by atoms with Crippen LogP contribution in [0.2, 0.25) is 0 Å². The average Bonchev–Trinajstić information content (AvgIpc) is 2.83. The van der Waals surface area contributed by atoms with Gasteiger partial charge in [0.15, 0.2) is 0 Å². The van der Waals surface area contributed by atoms with E-state index in [4.69, 9.17) is 0 Å². The van der Waals surface area contributed by atoms with E-state index in [1.54, 1.807) is 12.5 Å². The highest BCUT2D eigenvalue weighted by Gasteiger charge is 2.01. The van der Waals surface area contributed by atoms with Crippen LogP contribution >= 0.6 is 0 Å². The number of aryl methyl sites for hydroxylation is 1. The van der Waals surface area contributed by atoms with E-state index < -0.39 is 0 Å². The van der Waals surface area contributed by atoms with Gasteiger partial charge < -0.3 is 9.77 Å². The Kier molecular flexibility index (Phi) is 4.30. The molecule has 1 aromatic carbocycles. The van der Waals surface area contributed by atoms with Crippen molar-refractivity contribution in [3.05, 3.63) is 54.6 Å². The Morgan fingerprint density at radius 3 is 2.76 bits per heavy atom. The molecule has 0 saturated carbocycles. The van der Waals surface area contributed by atoms with Gasteiger partial charge in [0.05, 0.1) is 6.33 Å². The van der Waals surface area contributed by atoms with Crippen molar-refractivity contribution in [3.8, 4) is 0 Å². The summed E-state index contributed by atoms with van der Waals surface area (Å²) in [5.74, 6) is 0. The van der Waals surface area contributed by atoms with Gasteiger partial charge >= 0.3 is 0 Å². The number of nitrogens with zero attached hydrogens (tertiary/aromatic N) is 3. The zero-order valence-electron chi connectivity index (χ0n) is 9.74. The van der Waals surface area contributed by atoms with Gasteiger partial charge in [-0.15, -0.1) is 0 Å². The van der Waals surface area contributed by atoms with Crippen LogP contribution in [0.3, 0.4) is 0 Å². The Bertz CT molecular complexity index is 413. The normalized spacial score (nSPS) is 10.9. The van der Waals surface area contributed by atoms with Crippen LogP contribution in [0.1, 0.15) is 12.0 Å². The van der Waals surface area contributed by atoms with Gasteiger partial charge in [0, 0.05) is 32.0 Å². The van der Waals surface area contributed by atoms with Crippen LogP contribution in [-0.2, 0) is 13.1 Å². The molecule has 0 spiro atoms. The van der Waals surface area contributed by atoms with E-state index in [1.807, 2.05) is 41.1 Å². The second-order valence-electron chi connectivity index (χ2n) is 4.03. The van der Waals surface area contributed by atoms with Crippen molar-refractivity contribution in [1.29, 1.82) is 0 Å². The Morgan fingerprint density at radius 2 is 2.06 bits per heavy atom. The third-order valence-electron chi connectivity index (χ3n) is 2.60. The third kappa shape index (κ3) is 4.01. The highest BCUT2D eigenvalue weighted by atomic mass is 16.5. The fraction of sp³-hybridized carbons (Fsp3) is 0.308. The lowest BCUT2D eigenvalue weighted by molar-refractivity contribution is -0.100. The largest absolute Gasteiger partial charge is 0.337 e. The molecule has 90 valence electrons. The summed E-state index contributed by atoms with van der Waals surface area (Å²) in [6.45, 7) is 2.11. The van der Waals surface area contributed by atoms with E-state index in [0.717, 1.165) is 18.5 Å². The Morgan fingerprint density at radius 1 is 1.24 bits per heavy atom. The SMILES string of the molecule is ON(CCCn1ccnc1)Cc1ccccc1. The summed E-state index contributed by atoms with van der Waals surface area (Å²) < 4.78 is 2.01. The summed E-state index contributed by atoms with van der Waals surface area (Å²) in [6, 6.07) is 9.96. The lowest BCUT2D eigenvalue weighted by Gasteiger charge is -2.14. The number of aromatic nitrogens is 2. The molecular formula is C13H17N3O. The van der Waals surface area contributed by atoms with Crippen molar-refractivity contribution < 1.29 is 5.21 Å². The lowest BCUT2D eigenvalue weighted by Crippen LogP contribution is -2.20. The summed E-state index contributed by atoms with van der Waals surface area (Å²) in [5, 5.41) is 11.1. The maximum absolute atomic E-state index is 9.74. The molecule has 0 aliphatic carbocycles. The molecule has 1 N–H and O–H groups in total. The number of imidazole rings is 1. The zero-order chi connectivity index (χ0) is 11.9. The van der Waals surface area contributed by atoms with Gasteiger partial charge in [-0.1, -0.05) is 30.3 Å². The Balaban J connectivity index is 1.69. The second-order valence-corrected chi connectivity index (χ2v) is 4.03. The van der Waals surface area contributed by atoms with Crippen molar-refractivity contribution in [2.45, 2.75) is 19.5 Å². The first-order valence-corrected chi connectivity index (χ1v) is 5.78. The molecule has 0 radical (unpaired) electrons. The van der Waals surface area contributed by atoms with Gasteiger partial charge in [-0.2, -0.15) is 5.06 Å². The predicted octanol–water partition coefficient (Wildman–Crippen LogP) is 2.16. The summed E-state index contributed by atoms with van der Waals surface area (Å²) in [7, 11) is 0. The quantitative estimate of drug-likeness (QED) is 0.775. The molecule has 1 aromatic heterocycles. The van der Waals surface area contributed by atoms with E-state index in [-0.39, 0.29) is 0 Å². The number of hydrogen-bond donors (Lipinski definition) is 1. The zero-order valence-corrected chi connectivity index (χ0v) is 9.74. The third-order valence-corrected chi connectivity index (χ3v) is 2.60. The van der Waals surface area contributed by atoms with Crippen LogP contribution in [0.4, 0.5) is 0 Å². The molecule has 0 bridgehead atoms. The highest BCUT2D eigenvalue weighted by Crippen LogP contribution is 2.03. The smallest absolute Gasteiger partial charge is 0.0945 e. The maximum Gasteiger partial charge on any atom is 0.0945 e. The van der Waals surface area contributed by atoms with Crippen molar-refractivity contribution >= 4 is 0 Å². The molecule has 0 aliphatic heterocycles. The molecular weight excluding hydrogens is 214 g/mol. The van der Waals surface area contributed by atoms with Gasteiger partial charge in [-0.25, -0.2) is 4.98 Å². The van der Waals surface area contributed by atoms with Gasteiger partial charge in [0.25, 0.3) is 0 Å². The first-order chi connectivity index (χ1) is 8.34. The maximum atomic E-state index is 9.74. The summed E-state index contributed by atoms with van der Waals surface area (Å²) in [5.41, 5.74) is 1.12. The molecule has 0 aliphatic rings. The minimum absolute atomic E-state index is 0.574. The highest BCUT2D eigenvalue weighted by molar-refractivity contribution is 5.13. The van der Waals surface area contributed by atoms with Crippen LogP contribution in [-0.4, -0.2) is 26.4 Å². The van der Waals surface area contributed by atoms with Crippen LogP contribution in [0.25, 0.3) is 0 Å². The fourth-order valence-corrected chi connectivity index (χ4v) is 1.73. The minimum Gasteiger partial charge on any atom is -0.337 e. The minimum atomic E-state index is 0.574. The molecule has 2 rings (SSSR count). The predicted molar refractivity (Wildman–Crippen MR) is 65.5 cm³/mol. The summed E-state index contributed by atoms with van der Waals surface area (Å²) in [4.78, 5) is 3.97. The average molecular weight is 231 g/mol. The van der Waals surface area contributed by atoms with Gasteiger partial charge in [-0.3, -0.25) is 0 Å². The van der Waals surface area contributed by atoms with Crippen LogP contribution < -0.4 is 0 Å². The van der Waals surface area contributed by atoms with Crippen LogP contribution in [0, 0.1) is 0 Å². The Labute approximate surface area is 101 Å². The molecule has 0 amide bonds. The molecule has 1 heterocycles. The lowest BCUT2D eigenvalue weighted by atomic mass is 10.2. The molecule has 0 saturated heterocycles. The van der Waals surface area contributed by atoms with E-state index in [1.165, 1.54) is 5.06 Å². The van der Waals surface area contributed by atoms with Gasteiger partial charge in [0.1, 0.15) is 0 Å². The standard InChI is InChI=1S/C13H17N3O/c17-16(11-13-5-2-1-3-6-13)9-4-8-15-10-7-14-12-15/h1-3,5-7,10,12,17H,4,8-9,11H2. The first kappa shape index (κ1) is 11.8. The number of benzene rings is 1. The van der Waals surface area contributed by atoms with E-state index >= 15 is 0 Å². The second kappa shape index (κ2) is 6.18. The molecule has 4 heteroatoms. The van der Waals surface area contributed by atoms with E-state index in [2.05, 4.69) is 4.98 Å². The monoisotopic (exact) mass is 231 g/mol. The van der Waals surface area contributed by atoms with Crippen molar-refractivity contribution in [3.63, 3.8) is 0 Å². The molecule has 0 atom stereocenters. The van der Waals surface area contributed by atoms with E-state index in [9.17, 15) is 5.21 Å². The molecule has 4 nitrogen and oxygen atoms in total. The molecule has 0 unspecified atom stereocenters. The number of rotatable bonds is 6. The van der Waals surface area contributed by atoms with E-state index in [0.29, 0.717) is 13.1 Å². The van der Waals surface area contributed by atoms with Crippen molar-refractivity contribution in [2.75, 3.05) is 6.54 Å². The van der Waals surface area contributed by atoms with Gasteiger partial charge in [0.2, 0.25) is 0 Å². The Hall–Kier alpha value is -1.65. The fourth-order valence-electron chi connectivity index (χ4n) is 1.73. The first-order valence-electron chi connectivity index (χ1n) is 5.78. The topological polar surface area (TPSA) is 41.3 Å². The van der Waals surface area contributed by atoms with Crippen LogP contribution in [0.15, 0.2) is 49.1 Å². The summed E-state index contributed by atoms with van der Waals surface area (Å²) in [6.07, 6.45) is 6.39. The molecule has 2 aromatic rings. The molecule has 17 heavy (non-hydrogen) atoms. The van der Waals surface area contributed by atoms with Crippen molar-refractivity contribution in [2.24, 2.45) is 0 Å². The molecule has 0 fully saturated rings. The summed E-state index contributed by atoms with van der Waals surface area (Å²) >= 11 is 0. The van der Waals surface area contributed by atoms with Gasteiger partial charge in [-0.05, 0) is 12.0 Å². The number of hydrogen-bond acceptors (Lipinski definition) is 3.